The van der Waals surface area contributed by atoms with Gasteiger partial charge in [0.1, 0.15) is 4.88 Å². The zero-order valence-corrected chi connectivity index (χ0v) is 13.9. The van der Waals surface area contributed by atoms with Gasteiger partial charge in [0.25, 0.3) is 16.1 Å². The van der Waals surface area contributed by atoms with E-state index < -0.39 is 10.2 Å². The smallest absolute Gasteiger partial charge is 0.274 e. The van der Waals surface area contributed by atoms with Crippen molar-refractivity contribution in [1.82, 2.24) is 9.62 Å². The summed E-state index contributed by atoms with van der Waals surface area (Å²) in [6, 6.07) is 1.85. The lowest BCUT2D eigenvalue weighted by Crippen LogP contribution is -2.44. The number of rotatable bonds is 4. The third kappa shape index (κ3) is 4.26. The van der Waals surface area contributed by atoms with Crippen LogP contribution in [0.2, 0.25) is 0 Å². The highest BCUT2D eigenvalue weighted by Gasteiger charge is 2.26. The van der Waals surface area contributed by atoms with Crippen LogP contribution in [-0.4, -0.2) is 38.9 Å². The molecule has 1 saturated heterocycles. The lowest BCUT2D eigenvalue weighted by atomic mass is 9.98. The van der Waals surface area contributed by atoms with Crippen molar-refractivity contribution in [1.29, 1.82) is 0 Å². The maximum absolute atomic E-state index is 12.4. The summed E-state index contributed by atoms with van der Waals surface area (Å²) in [4.78, 5) is 14.8. The van der Waals surface area contributed by atoms with Crippen molar-refractivity contribution in [3.05, 3.63) is 20.8 Å². The van der Waals surface area contributed by atoms with Crippen LogP contribution in [-0.2, 0) is 10.2 Å². The minimum atomic E-state index is -3.67. The van der Waals surface area contributed by atoms with E-state index >= 15 is 0 Å². The second kappa shape index (κ2) is 6.52. The fourth-order valence-corrected chi connectivity index (χ4v) is 4.22. The average molecular weight is 382 g/mol. The zero-order chi connectivity index (χ0) is 14.8. The first kappa shape index (κ1) is 15.9. The fraction of sp³-hybridized carbons (Fsp3) is 0.545. The minimum Gasteiger partial charge on any atom is -0.338 e. The van der Waals surface area contributed by atoms with Gasteiger partial charge in [-0.1, -0.05) is 0 Å². The van der Waals surface area contributed by atoms with Crippen molar-refractivity contribution in [2.45, 2.75) is 12.8 Å². The number of carbonyl (C=O) groups excluding carboxylic acids is 1. The molecular weight excluding hydrogens is 366 g/mol. The van der Waals surface area contributed by atoms with E-state index in [1.165, 1.54) is 11.3 Å². The molecule has 0 aromatic carbocycles. The van der Waals surface area contributed by atoms with Crippen LogP contribution in [0.4, 0.5) is 0 Å². The Morgan fingerprint density at radius 2 is 2.35 bits per heavy atom. The van der Waals surface area contributed by atoms with E-state index in [9.17, 15) is 13.2 Å². The second-order valence-electron chi connectivity index (χ2n) is 4.75. The number of nitrogens with zero attached hydrogens (tertiary/aromatic N) is 1. The predicted octanol–water partition coefficient (Wildman–Crippen LogP) is 1.16. The molecule has 1 aliphatic rings. The lowest BCUT2D eigenvalue weighted by Gasteiger charge is -2.32. The van der Waals surface area contributed by atoms with Crippen molar-refractivity contribution < 1.29 is 13.2 Å². The summed E-state index contributed by atoms with van der Waals surface area (Å²) in [5.74, 6) is 0.0944. The zero-order valence-electron chi connectivity index (χ0n) is 10.7. The van der Waals surface area contributed by atoms with Gasteiger partial charge in [-0.05, 0) is 46.1 Å². The predicted molar refractivity (Wildman–Crippen MR) is 81.8 cm³/mol. The highest BCUT2D eigenvalue weighted by atomic mass is 79.9. The first-order valence-corrected chi connectivity index (χ1v) is 9.38. The Labute approximate surface area is 130 Å². The molecule has 1 atom stereocenters. The molecule has 1 aliphatic heterocycles. The summed E-state index contributed by atoms with van der Waals surface area (Å²) in [5.41, 5.74) is 0. The number of nitrogens with two attached hydrogens (primary N) is 1. The summed E-state index contributed by atoms with van der Waals surface area (Å²) in [6.07, 6.45) is 1.75. The van der Waals surface area contributed by atoms with E-state index in [-0.39, 0.29) is 18.4 Å². The minimum absolute atomic E-state index is 0.00724. The Morgan fingerprint density at radius 1 is 1.60 bits per heavy atom. The maximum Gasteiger partial charge on any atom is 0.274 e. The fourth-order valence-electron chi connectivity index (χ4n) is 2.24. The van der Waals surface area contributed by atoms with Crippen LogP contribution in [0.3, 0.4) is 0 Å². The van der Waals surface area contributed by atoms with Gasteiger partial charge >= 0.3 is 0 Å². The molecule has 0 bridgehead atoms. The molecule has 6 nitrogen and oxygen atoms in total. The third-order valence-electron chi connectivity index (χ3n) is 3.19. The lowest BCUT2D eigenvalue weighted by molar-refractivity contribution is 0.0680. The van der Waals surface area contributed by atoms with Crippen LogP contribution >= 0.6 is 27.3 Å². The molecular formula is C11H16BrN3O3S2. The number of nitrogens with one attached hydrogen (secondary N) is 1. The van der Waals surface area contributed by atoms with Crippen molar-refractivity contribution in [3.63, 3.8) is 0 Å². The highest BCUT2D eigenvalue weighted by molar-refractivity contribution is 9.10. The molecule has 2 rings (SSSR count). The Morgan fingerprint density at radius 3 is 2.95 bits per heavy atom. The monoisotopic (exact) mass is 381 g/mol. The Bertz CT molecular complexity index is 587. The summed E-state index contributed by atoms with van der Waals surface area (Å²) in [5, 5.41) is 6.78. The van der Waals surface area contributed by atoms with Crippen LogP contribution < -0.4 is 9.86 Å². The van der Waals surface area contributed by atoms with E-state index in [4.69, 9.17) is 5.14 Å². The highest BCUT2D eigenvalue weighted by Crippen LogP contribution is 2.26. The van der Waals surface area contributed by atoms with Gasteiger partial charge in [-0.15, -0.1) is 11.3 Å². The molecule has 3 N–H and O–H groups in total. The average Bonchev–Trinajstić information content (AvgIpc) is 2.81. The molecule has 0 aliphatic carbocycles. The Hall–Kier alpha value is -0.480. The largest absolute Gasteiger partial charge is 0.338 e. The molecule has 9 heteroatoms. The van der Waals surface area contributed by atoms with Gasteiger partial charge in [-0.25, -0.2) is 9.86 Å². The summed E-state index contributed by atoms with van der Waals surface area (Å²) in [6.45, 7) is 1.52. The SMILES string of the molecule is NS(=O)(=O)NCC1CCCN(C(=O)c2sccc2Br)C1. The van der Waals surface area contributed by atoms with Gasteiger partial charge in [-0.3, -0.25) is 4.79 Å². The summed E-state index contributed by atoms with van der Waals surface area (Å²) < 4.78 is 24.9. The molecule has 112 valence electrons. The van der Waals surface area contributed by atoms with Crippen LogP contribution in [0.25, 0.3) is 0 Å². The number of likely N-dealkylation sites (tertiary alicyclic amines) is 1. The van der Waals surface area contributed by atoms with Gasteiger partial charge in [0.2, 0.25) is 0 Å². The van der Waals surface area contributed by atoms with E-state index in [1.54, 1.807) is 4.90 Å². The summed E-state index contributed by atoms with van der Waals surface area (Å²) >= 11 is 4.76. The molecule has 1 fully saturated rings. The topological polar surface area (TPSA) is 92.5 Å². The van der Waals surface area contributed by atoms with Crippen LogP contribution in [0, 0.1) is 5.92 Å². The first-order chi connectivity index (χ1) is 9.37. The maximum atomic E-state index is 12.4. The molecule has 1 amide bonds. The molecule has 1 aromatic rings. The van der Waals surface area contributed by atoms with Gasteiger partial charge in [0.05, 0.1) is 0 Å². The number of hydrogen-bond donors (Lipinski definition) is 2. The van der Waals surface area contributed by atoms with Crippen LogP contribution in [0.1, 0.15) is 22.5 Å². The number of amides is 1. The Balaban J connectivity index is 1.97. The van der Waals surface area contributed by atoms with Crippen LogP contribution in [0.5, 0.6) is 0 Å². The van der Waals surface area contributed by atoms with Crippen molar-refractivity contribution in [3.8, 4) is 0 Å². The number of halogens is 1. The number of thiophene rings is 1. The molecule has 0 saturated carbocycles. The Kier molecular flexibility index (Phi) is 5.19. The normalized spacial score (nSPS) is 20.1. The van der Waals surface area contributed by atoms with Crippen molar-refractivity contribution in [2.75, 3.05) is 19.6 Å². The summed E-state index contributed by atoms with van der Waals surface area (Å²) in [7, 11) is -3.67. The van der Waals surface area contributed by atoms with Gasteiger partial charge in [0.15, 0.2) is 0 Å². The molecule has 0 spiro atoms. The first-order valence-electron chi connectivity index (χ1n) is 6.16. The molecule has 20 heavy (non-hydrogen) atoms. The third-order valence-corrected chi connectivity index (χ3v) is 5.59. The number of hydrogen-bond acceptors (Lipinski definition) is 4. The second-order valence-corrected chi connectivity index (χ2v) is 7.90. The van der Waals surface area contributed by atoms with Crippen LogP contribution in [0.15, 0.2) is 15.9 Å². The van der Waals surface area contributed by atoms with Gasteiger partial charge in [-0.2, -0.15) is 8.42 Å². The van der Waals surface area contributed by atoms with Gasteiger partial charge < -0.3 is 4.90 Å². The van der Waals surface area contributed by atoms with Gasteiger partial charge in [0, 0.05) is 24.1 Å². The molecule has 1 unspecified atom stereocenters. The quantitative estimate of drug-likeness (QED) is 0.819. The van der Waals surface area contributed by atoms with E-state index in [0.29, 0.717) is 18.0 Å². The molecule has 1 aromatic heterocycles. The molecule has 2 heterocycles. The number of carbonyl (C=O) groups is 1. The van der Waals surface area contributed by atoms with E-state index in [0.717, 1.165) is 17.3 Å². The van der Waals surface area contributed by atoms with Crippen molar-refractivity contribution >= 4 is 43.4 Å². The van der Waals surface area contributed by atoms with E-state index in [1.807, 2.05) is 11.4 Å². The number of piperidine rings is 1. The standard InChI is InChI=1S/C11H16BrN3O3S2/c12-9-3-5-19-10(9)11(16)15-4-1-2-8(7-15)6-14-20(13,17)18/h3,5,8,14H,1-2,4,6-7H2,(H2,13,17,18). The molecule has 0 radical (unpaired) electrons. The van der Waals surface area contributed by atoms with E-state index in [2.05, 4.69) is 20.7 Å². The van der Waals surface area contributed by atoms with Crippen molar-refractivity contribution in [2.24, 2.45) is 11.1 Å².